The minimum absolute atomic E-state index is 0.127. The lowest BCUT2D eigenvalue weighted by Crippen LogP contribution is -2.36. The zero-order valence-corrected chi connectivity index (χ0v) is 12.5. The Hall–Kier alpha value is -0.900. The standard InChI is InChI=1S/C15H19BrFNO/c16-8-2-6-14-7-3-9-18(14)15(19)11-12-4-1-5-13(17)10-12/h1,4-5,10,14H,2-3,6-9,11H2. The zero-order chi connectivity index (χ0) is 13.7. The molecular formula is C15H19BrFNO. The molecule has 0 spiro atoms. The lowest BCUT2D eigenvalue weighted by molar-refractivity contribution is -0.131. The molecule has 2 nitrogen and oxygen atoms in total. The molecule has 1 aromatic rings. The number of rotatable bonds is 5. The summed E-state index contributed by atoms with van der Waals surface area (Å²) in [6, 6.07) is 6.69. The van der Waals surface area contributed by atoms with Gasteiger partial charge in [-0.25, -0.2) is 4.39 Å². The SMILES string of the molecule is O=C(Cc1cccc(F)c1)N1CCCC1CCCBr. The first-order valence-electron chi connectivity index (χ1n) is 6.80. The van der Waals surface area contributed by atoms with Gasteiger partial charge in [0.15, 0.2) is 0 Å². The van der Waals surface area contributed by atoms with Crippen molar-refractivity contribution in [2.24, 2.45) is 0 Å². The molecule has 1 aromatic carbocycles. The summed E-state index contributed by atoms with van der Waals surface area (Å²) in [4.78, 5) is 14.3. The normalized spacial score (nSPS) is 18.8. The Kier molecular flexibility index (Phi) is 5.37. The van der Waals surface area contributed by atoms with Crippen molar-refractivity contribution in [3.63, 3.8) is 0 Å². The Bertz CT molecular complexity index is 438. The van der Waals surface area contributed by atoms with E-state index >= 15 is 0 Å². The fraction of sp³-hybridized carbons (Fsp3) is 0.533. The number of carbonyl (C=O) groups is 1. The maximum absolute atomic E-state index is 13.1. The average Bonchev–Trinajstić information content (AvgIpc) is 2.84. The number of alkyl halides is 1. The fourth-order valence-electron chi connectivity index (χ4n) is 2.70. The highest BCUT2D eigenvalue weighted by Gasteiger charge is 2.27. The van der Waals surface area contributed by atoms with E-state index < -0.39 is 0 Å². The molecule has 0 bridgehead atoms. The number of amides is 1. The molecule has 1 aliphatic heterocycles. The average molecular weight is 328 g/mol. The Morgan fingerprint density at radius 1 is 1.47 bits per heavy atom. The lowest BCUT2D eigenvalue weighted by atomic mass is 10.1. The number of nitrogens with zero attached hydrogens (tertiary/aromatic N) is 1. The van der Waals surface area contributed by atoms with Crippen LogP contribution in [0.5, 0.6) is 0 Å². The van der Waals surface area contributed by atoms with E-state index in [4.69, 9.17) is 0 Å². The van der Waals surface area contributed by atoms with Crippen molar-refractivity contribution < 1.29 is 9.18 Å². The largest absolute Gasteiger partial charge is 0.339 e. The first-order valence-corrected chi connectivity index (χ1v) is 7.92. The second-order valence-corrected chi connectivity index (χ2v) is 5.81. The summed E-state index contributed by atoms with van der Waals surface area (Å²) < 4.78 is 13.1. The van der Waals surface area contributed by atoms with Crippen molar-refractivity contribution in [1.29, 1.82) is 0 Å². The summed E-state index contributed by atoms with van der Waals surface area (Å²) in [5.74, 6) is -0.148. The minimum Gasteiger partial charge on any atom is -0.339 e. The van der Waals surface area contributed by atoms with Crippen LogP contribution in [0.4, 0.5) is 4.39 Å². The molecule has 1 unspecified atom stereocenters. The summed E-state index contributed by atoms with van der Waals surface area (Å²) in [6.07, 6.45) is 4.64. The van der Waals surface area contributed by atoms with Crippen molar-refractivity contribution in [3.8, 4) is 0 Å². The first kappa shape index (κ1) is 14.5. The van der Waals surface area contributed by atoms with Gasteiger partial charge in [0.25, 0.3) is 0 Å². The molecule has 0 N–H and O–H groups in total. The molecule has 1 heterocycles. The van der Waals surface area contributed by atoms with Crippen LogP contribution in [0.2, 0.25) is 0 Å². The van der Waals surface area contributed by atoms with Crippen molar-refractivity contribution in [1.82, 2.24) is 4.90 Å². The molecule has 4 heteroatoms. The van der Waals surface area contributed by atoms with E-state index in [9.17, 15) is 9.18 Å². The second kappa shape index (κ2) is 7.04. The Morgan fingerprint density at radius 2 is 2.32 bits per heavy atom. The van der Waals surface area contributed by atoms with Crippen LogP contribution in [0.25, 0.3) is 0 Å². The van der Waals surface area contributed by atoms with Gasteiger partial charge < -0.3 is 4.90 Å². The van der Waals surface area contributed by atoms with Crippen LogP contribution < -0.4 is 0 Å². The molecule has 0 saturated carbocycles. The third-order valence-corrected chi connectivity index (χ3v) is 4.17. The zero-order valence-electron chi connectivity index (χ0n) is 10.9. The third-order valence-electron chi connectivity index (χ3n) is 3.61. The van der Waals surface area contributed by atoms with Gasteiger partial charge in [-0.1, -0.05) is 28.1 Å². The number of benzene rings is 1. The van der Waals surface area contributed by atoms with Crippen LogP contribution >= 0.6 is 15.9 Å². The molecule has 0 aromatic heterocycles. The topological polar surface area (TPSA) is 20.3 Å². The maximum Gasteiger partial charge on any atom is 0.227 e. The van der Waals surface area contributed by atoms with Crippen LogP contribution in [0.3, 0.4) is 0 Å². The summed E-state index contributed by atoms with van der Waals surface area (Å²) in [5.41, 5.74) is 0.760. The maximum atomic E-state index is 13.1. The van der Waals surface area contributed by atoms with Gasteiger partial charge in [0.2, 0.25) is 5.91 Å². The van der Waals surface area contributed by atoms with E-state index in [1.54, 1.807) is 6.07 Å². The van der Waals surface area contributed by atoms with Gasteiger partial charge in [0.05, 0.1) is 6.42 Å². The number of carbonyl (C=O) groups excluding carboxylic acids is 1. The van der Waals surface area contributed by atoms with E-state index in [1.807, 2.05) is 11.0 Å². The summed E-state index contributed by atoms with van der Waals surface area (Å²) in [6.45, 7) is 0.848. The van der Waals surface area contributed by atoms with Crippen LogP contribution in [-0.2, 0) is 11.2 Å². The molecule has 1 atom stereocenters. The van der Waals surface area contributed by atoms with E-state index in [0.29, 0.717) is 12.5 Å². The quantitative estimate of drug-likeness (QED) is 0.757. The molecule has 19 heavy (non-hydrogen) atoms. The van der Waals surface area contributed by atoms with Gasteiger partial charge >= 0.3 is 0 Å². The van der Waals surface area contributed by atoms with Crippen molar-refractivity contribution in [2.75, 3.05) is 11.9 Å². The number of hydrogen-bond donors (Lipinski definition) is 0. The van der Waals surface area contributed by atoms with E-state index in [-0.39, 0.29) is 11.7 Å². The van der Waals surface area contributed by atoms with E-state index in [1.165, 1.54) is 12.1 Å². The van der Waals surface area contributed by atoms with Crippen LogP contribution in [0, 0.1) is 5.82 Å². The van der Waals surface area contributed by atoms with Crippen LogP contribution in [-0.4, -0.2) is 28.7 Å². The molecule has 1 amide bonds. The van der Waals surface area contributed by atoms with Gasteiger partial charge in [-0.05, 0) is 43.4 Å². The fourth-order valence-corrected chi connectivity index (χ4v) is 3.02. The molecule has 104 valence electrons. The van der Waals surface area contributed by atoms with Gasteiger partial charge in [0.1, 0.15) is 5.82 Å². The molecule has 1 saturated heterocycles. The number of hydrogen-bond acceptors (Lipinski definition) is 1. The van der Waals surface area contributed by atoms with E-state index in [2.05, 4.69) is 15.9 Å². The second-order valence-electron chi connectivity index (χ2n) is 5.02. The highest BCUT2D eigenvalue weighted by molar-refractivity contribution is 9.09. The molecular weight excluding hydrogens is 309 g/mol. The van der Waals surface area contributed by atoms with Gasteiger partial charge in [-0.15, -0.1) is 0 Å². The highest BCUT2D eigenvalue weighted by Crippen LogP contribution is 2.22. The van der Waals surface area contributed by atoms with E-state index in [0.717, 1.165) is 43.1 Å². The summed E-state index contributed by atoms with van der Waals surface area (Å²) in [5, 5.41) is 0.982. The predicted molar refractivity (Wildman–Crippen MR) is 77.9 cm³/mol. The van der Waals surface area contributed by atoms with Gasteiger partial charge in [-0.3, -0.25) is 4.79 Å². The Morgan fingerprint density at radius 3 is 3.05 bits per heavy atom. The van der Waals surface area contributed by atoms with Gasteiger partial charge in [0, 0.05) is 17.9 Å². The summed E-state index contributed by atoms with van der Waals surface area (Å²) >= 11 is 3.43. The number of likely N-dealkylation sites (tertiary alicyclic amines) is 1. The molecule has 1 aliphatic rings. The monoisotopic (exact) mass is 327 g/mol. The van der Waals surface area contributed by atoms with Crippen LogP contribution in [0.15, 0.2) is 24.3 Å². The third kappa shape index (κ3) is 4.03. The molecule has 2 rings (SSSR count). The van der Waals surface area contributed by atoms with Gasteiger partial charge in [-0.2, -0.15) is 0 Å². The van der Waals surface area contributed by atoms with Crippen molar-refractivity contribution in [3.05, 3.63) is 35.6 Å². The highest BCUT2D eigenvalue weighted by atomic mass is 79.9. The smallest absolute Gasteiger partial charge is 0.227 e. The Labute approximate surface area is 122 Å². The molecule has 0 aliphatic carbocycles. The number of halogens is 2. The van der Waals surface area contributed by atoms with Crippen molar-refractivity contribution in [2.45, 2.75) is 38.1 Å². The van der Waals surface area contributed by atoms with Crippen LogP contribution in [0.1, 0.15) is 31.2 Å². The predicted octanol–water partition coefficient (Wildman–Crippen LogP) is 3.53. The minimum atomic E-state index is -0.275. The first-order chi connectivity index (χ1) is 9.20. The van der Waals surface area contributed by atoms with Crippen molar-refractivity contribution >= 4 is 21.8 Å². The Balaban J connectivity index is 1.95. The molecule has 1 fully saturated rings. The summed E-state index contributed by atoms with van der Waals surface area (Å²) in [7, 11) is 0. The lowest BCUT2D eigenvalue weighted by Gasteiger charge is -2.24. The molecule has 0 radical (unpaired) electrons.